The van der Waals surface area contributed by atoms with Crippen LogP contribution in [0.4, 0.5) is 18.9 Å². The Morgan fingerprint density at radius 2 is 1.38 bits per heavy atom. The summed E-state index contributed by atoms with van der Waals surface area (Å²) in [6.07, 6.45) is -4.53. The van der Waals surface area contributed by atoms with Gasteiger partial charge >= 0.3 is 12.1 Å². The fraction of sp³-hybridized carbons (Fsp3) is 0.160. The van der Waals surface area contributed by atoms with Gasteiger partial charge in [0.15, 0.2) is 0 Å². The van der Waals surface area contributed by atoms with Gasteiger partial charge in [-0.2, -0.15) is 13.2 Å². The van der Waals surface area contributed by atoms with Gasteiger partial charge in [-0.25, -0.2) is 4.79 Å². The molecule has 0 radical (unpaired) electrons. The number of anilines is 1. The third-order valence-electron chi connectivity index (χ3n) is 5.22. The van der Waals surface area contributed by atoms with Crippen LogP contribution in [-0.4, -0.2) is 36.1 Å². The van der Waals surface area contributed by atoms with Crippen LogP contribution in [0.1, 0.15) is 53.7 Å². The van der Waals surface area contributed by atoms with Crippen LogP contribution in [-0.2, 0) is 0 Å². The van der Waals surface area contributed by atoms with Gasteiger partial charge in [0, 0.05) is 18.3 Å². The van der Waals surface area contributed by atoms with E-state index in [9.17, 15) is 32.7 Å². The van der Waals surface area contributed by atoms with Crippen molar-refractivity contribution in [2.24, 2.45) is 0 Å². The minimum atomic E-state index is -4.53. The van der Waals surface area contributed by atoms with Crippen LogP contribution in [0.2, 0.25) is 0 Å². The van der Waals surface area contributed by atoms with E-state index in [2.05, 4.69) is 10.6 Å². The van der Waals surface area contributed by atoms with Gasteiger partial charge in [0.1, 0.15) is 5.92 Å². The van der Waals surface area contributed by atoms with Crippen LogP contribution < -0.4 is 10.6 Å². The number of nitrogens with one attached hydrogen (secondary N) is 2. The lowest BCUT2D eigenvalue weighted by Crippen LogP contribution is -2.22. The Morgan fingerprint density at radius 1 is 0.824 bits per heavy atom. The fourth-order valence-corrected chi connectivity index (χ4v) is 3.49. The predicted octanol–water partition coefficient (Wildman–Crippen LogP) is 5.00. The number of halogens is 3. The number of aromatic carboxylic acids is 1. The molecule has 3 aromatic rings. The van der Waals surface area contributed by atoms with Gasteiger partial charge in [-0.1, -0.05) is 42.0 Å². The number of carbonyl (C=O) groups excluding carboxylic acids is 2. The van der Waals surface area contributed by atoms with Crippen molar-refractivity contribution in [3.8, 4) is 0 Å². The SMILES string of the molecule is CNC(=O)c1ccc(C(=O)O)c(C(=O)Nc2ccc(C(c3ccc(C)cc3)C(F)(F)F)cc2)c1. The zero-order chi connectivity index (χ0) is 25.0. The van der Waals surface area contributed by atoms with E-state index in [4.69, 9.17) is 0 Å². The van der Waals surface area contributed by atoms with Gasteiger partial charge < -0.3 is 15.7 Å². The number of rotatable bonds is 6. The van der Waals surface area contributed by atoms with E-state index in [1.807, 2.05) is 0 Å². The highest BCUT2D eigenvalue weighted by atomic mass is 19.4. The van der Waals surface area contributed by atoms with Gasteiger partial charge in [-0.15, -0.1) is 0 Å². The Labute approximate surface area is 193 Å². The van der Waals surface area contributed by atoms with Gasteiger partial charge in [0.2, 0.25) is 0 Å². The van der Waals surface area contributed by atoms with E-state index < -0.39 is 29.9 Å². The predicted molar refractivity (Wildman–Crippen MR) is 120 cm³/mol. The molecule has 2 amide bonds. The van der Waals surface area contributed by atoms with Crippen LogP contribution in [0.3, 0.4) is 0 Å². The standard InChI is InChI=1S/C25H21F3N2O4/c1-14-3-5-15(6-4-14)21(25(26,27)28)16-7-10-18(11-8-16)30-23(32)20-13-17(22(31)29-2)9-12-19(20)24(33)34/h3-13,21H,1-2H3,(H,29,31)(H,30,32)(H,33,34). The highest BCUT2D eigenvalue weighted by molar-refractivity contribution is 6.12. The van der Waals surface area contributed by atoms with Crippen LogP contribution in [0.15, 0.2) is 66.7 Å². The van der Waals surface area contributed by atoms with Crippen LogP contribution >= 0.6 is 0 Å². The summed E-state index contributed by atoms with van der Waals surface area (Å²) < 4.78 is 41.5. The molecule has 0 aliphatic heterocycles. The van der Waals surface area contributed by atoms with Gasteiger partial charge in [0.05, 0.1) is 11.1 Å². The largest absolute Gasteiger partial charge is 0.478 e. The molecule has 0 saturated carbocycles. The van der Waals surface area contributed by atoms with Gasteiger partial charge in [-0.05, 0) is 48.4 Å². The topological polar surface area (TPSA) is 95.5 Å². The molecule has 0 aliphatic rings. The Kier molecular flexibility index (Phi) is 7.05. The van der Waals surface area contributed by atoms with E-state index in [1.54, 1.807) is 19.1 Å². The first-order chi connectivity index (χ1) is 16.0. The van der Waals surface area contributed by atoms with Crippen molar-refractivity contribution in [1.29, 1.82) is 0 Å². The van der Waals surface area contributed by atoms with Gasteiger partial charge in [0.25, 0.3) is 11.8 Å². The van der Waals surface area contributed by atoms with E-state index in [0.29, 0.717) is 0 Å². The molecule has 176 valence electrons. The molecule has 1 unspecified atom stereocenters. The summed E-state index contributed by atoms with van der Waals surface area (Å²) in [5, 5.41) is 14.2. The summed E-state index contributed by atoms with van der Waals surface area (Å²) in [6.45, 7) is 1.78. The summed E-state index contributed by atoms with van der Waals surface area (Å²) >= 11 is 0. The maximum Gasteiger partial charge on any atom is 0.399 e. The molecule has 0 heterocycles. The molecule has 0 saturated heterocycles. The number of aryl methyl sites for hydroxylation is 1. The molecule has 3 N–H and O–H groups in total. The number of carbonyl (C=O) groups is 3. The minimum absolute atomic E-state index is 0.0119. The zero-order valence-corrected chi connectivity index (χ0v) is 18.2. The molecular formula is C25H21F3N2O4. The molecule has 3 aromatic carbocycles. The van der Waals surface area contributed by atoms with Gasteiger partial charge in [-0.3, -0.25) is 9.59 Å². The van der Waals surface area contributed by atoms with Crippen molar-refractivity contribution in [3.05, 3.63) is 100 Å². The number of benzene rings is 3. The van der Waals surface area contributed by atoms with Crippen LogP contribution in [0, 0.1) is 6.92 Å². The first-order valence-electron chi connectivity index (χ1n) is 10.1. The summed E-state index contributed by atoms with van der Waals surface area (Å²) in [7, 11) is 1.39. The second kappa shape index (κ2) is 9.78. The van der Waals surface area contributed by atoms with Crippen LogP contribution in [0.5, 0.6) is 0 Å². The molecule has 6 nitrogen and oxygen atoms in total. The third kappa shape index (κ3) is 5.43. The lowest BCUT2D eigenvalue weighted by atomic mass is 9.90. The maximum absolute atomic E-state index is 13.8. The number of alkyl halides is 3. The number of amides is 2. The highest BCUT2D eigenvalue weighted by Crippen LogP contribution is 2.40. The summed E-state index contributed by atoms with van der Waals surface area (Å²) in [6, 6.07) is 14.8. The summed E-state index contributed by atoms with van der Waals surface area (Å²) in [4.78, 5) is 36.1. The smallest absolute Gasteiger partial charge is 0.399 e. The second-order valence-electron chi connectivity index (χ2n) is 7.61. The molecule has 9 heteroatoms. The van der Waals surface area contributed by atoms with Crippen LogP contribution in [0.25, 0.3) is 0 Å². The quantitative estimate of drug-likeness (QED) is 0.473. The average molecular weight is 470 g/mol. The molecule has 0 bridgehead atoms. The van der Waals surface area contributed by atoms with Crippen molar-refractivity contribution in [2.75, 3.05) is 12.4 Å². The molecule has 0 spiro atoms. The first kappa shape index (κ1) is 24.5. The Bertz CT molecular complexity index is 1220. The van der Waals surface area contributed by atoms with E-state index in [-0.39, 0.29) is 33.5 Å². The third-order valence-corrected chi connectivity index (χ3v) is 5.22. The van der Waals surface area contributed by atoms with E-state index >= 15 is 0 Å². The first-order valence-corrected chi connectivity index (χ1v) is 10.1. The van der Waals surface area contributed by atoms with Crippen molar-refractivity contribution >= 4 is 23.5 Å². The normalized spacial score (nSPS) is 12.0. The molecule has 1 atom stereocenters. The van der Waals surface area contributed by atoms with Crippen molar-refractivity contribution in [2.45, 2.75) is 19.0 Å². The summed E-state index contributed by atoms with van der Waals surface area (Å²) in [5.41, 5.74) is 0.585. The zero-order valence-electron chi connectivity index (χ0n) is 18.2. The molecular weight excluding hydrogens is 449 g/mol. The van der Waals surface area contributed by atoms with Crippen molar-refractivity contribution < 1.29 is 32.7 Å². The molecule has 3 rings (SSSR count). The lowest BCUT2D eigenvalue weighted by molar-refractivity contribution is -0.141. The van der Waals surface area contributed by atoms with Crippen molar-refractivity contribution in [1.82, 2.24) is 5.32 Å². The number of hydrogen-bond donors (Lipinski definition) is 3. The monoisotopic (exact) mass is 470 g/mol. The van der Waals surface area contributed by atoms with E-state index in [0.717, 1.165) is 17.7 Å². The minimum Gasteiger partial charge on any atom is -0.478 e. The number of carboxylic acid groups (broad SMARTS) is 1. The highest BCUT2D eigenvalue weighted by Gasteiger charge is 2.41. The molecule has 0 fully saturated rings. The fourth-order valence-electron chi connectivity index (χ4n) is 3.49. The Hall–Kier alpha value is -4.14. The second-order valence-corrected chi connectivity index (χ2v) is 7.61. The molecule has 0 aromatic heterocycles. The van der Waals surface area contributed by atoms with E-state index in [1.165, 1.54) is 49.5 Å². The summed E-state index contributed by atoms with van der Waals surface area (Å²) in [5.74, 6) is -4.54. The lowest BCUT2D eigenvalue weighted by Gasteiger charge is -2.22. The maximum atomic E-state index is 13.8. The number of carboxylic acids is 1. The molecule has 34 heavy (non-hydrogen) atoms. The number of hydrogen-bond acceptors (Lipinski definition) is 3. The Balaban J connectivity index is 1.89. The Morgan fingerprint density at radius 3 is 1.88 bits per heavy atom. The van der Waals surface area contributed by atoms with Crippen molar-refractivity contribution in [3.63, 3.8) is 0 Å². The average Bonchev–Trinajstić information content (AvgIpc) is 2.79. The molecule has 0 aliphatic carbocycles.